The van der Waals surface area contributed by atoms with Gasteiger partial charge in [-0.05, 0) is 55.9 Å². The van der Waals surface area contributed by atoms with Crippen molar-refractivity contribution in [2.45, 2.75) is 25.7 Å². The molecule has 6 heteroatoms. The van der Waals surface area contributed by atoms with Gasteiger partial charge in [0.2, 0.25) is 5.91 Å². The Hall–Kier alpha value is -2.11. The number of carbonyl (C=O) groups is 2. The van der Waals surface area contributed by atoms with Gasteiger partial charge in [-0.15, -0.1) is 0 Å². The maximum atomic E-state index is 12.9. The van der Waals surface area contributed by atoms with Gasteiger partial charge in [0, 0.05) is 31.2 Å². The van der Waals surface area contributed by atoms with Crippen molar-refractivity contribution in [2.75, 3.05) is 25.0 Å². The van der Waals surface area contributed by atoms with Crippen LogP contribution in [0.1, 0.15) is 25.7 Å². The largest absolute Gasteiger partial charge is 0.356 e. The third-order valence-corrected chi connectivity index (χ3v) is 4.51. The molecule has 3 amide bonds. The smallest absolute Gasteiger partial charge is 0.321 e. The number of likely N-dealkylation sites (tertiary alicyclic amines) is 1. The zero-order chi connectivity index (χ0) is 16.2. The summed E-state index contributed by atoms with van der Waals surface area (Å²) in [5.41, 5.74) is 0.593. The maximum absolute atomic E-state index is 12.9. The average Bonchev–Trinajstić information content (AvgIpc) is 3.40. The first-order valence-electron chi connectivity index (χ1n) is 8.21. The summed E-state index contributed by atoms with van der Waals surface area (Å²) in [6, 6.07) is 5.59. The van der Waals surface area contributed by atoms with Crippen molar-refractivity contribution >= 4 is 17.6 Å². The summed E-state index contributed by atoms with van der Waals surface area (Å²) in [6.45, 7) is 2.07. The van der Waals surface area contributed by atoms with Gasteiger partial charge < -0.3 is 15.5 Å². The van der Waals surface area contributed by atoms with Crippen molar-refractivity contribution in [3.8, 4) is 0 Å². The van der Waals surface area contributed by atoms with Gasteiger partial charge in [-0.3, -0.25) is 4.79 Å². The van der Waals surface area contributed by atoms with Crippen LogP contribution < -0.4 is 10.6 Å². The maximum Gasteiger partial charge on any atom is 0.321 e. The van der Waals surface area contributed by atoms with Gasteiger partial charge in [-0.1, -0.05) is 0 Å². The Morgan fingerprint density at radius 1 is 1.09 bits per heavy atom. The number of amides is 3. The number of anilines is 1. The molecule has 0 spiro atoms. The number of piperidine rings is 1. The molecule has 2 N–H and O–H groups in total. The summed E-state index contributed by atoms with van der Waals surface area (Å²) in [4.78, 5) is 25.6. The summed E-state index contributed by atoms with van der Waals surface area (Å²) < 4.78 is 12.9. The molecule has 0 radical (unpaired) electrons. The number of carbonyl (C=O) groups excluding carboxylic acids is 2. The van der Waals surface area contributed by atoms with Crippen LogP contribution in [0.15, 0.2) is 24.3 Å². The SMILES string of the molecule is O=C(NCC1CCN(C(=O)Nc2ccc(F)cc2)CC1)C1CC1. The third-order valence-electron chi connectivity index (χ3n) is 4.51. The summed E-state index contributed by atoms with van der Waals surface area (Å²) in [7, 11) is 0. The minimum Gasteiger partial charge on any atom is -0.356 e. The normalized spacial score (nSPS) is 18.6. The number of benzene rings is 1. The van der Waals surface area contributed by atoms with E-state index in [4.69, 9.17) is 0 Å². The van der Waals surface area contributed by atoms with Crippen LogP contribution in [0, 0.1) is 17.7 Å². The molecular weight excluding hydrogens is 297 g/mol. The van der Waals surface area contributed by atoms with Gasteiger partial charge in [-0.2, -0.15) is 0 Å². The molecule has 1 aromatic rings. The number of hydrogen-bond donors (Lipinski definition) is 2. The minimum atomic E-state index is -0.322. The summed E-state index contributed by atoms with van der Waals surface area (Å²) in [6.07, 6.45) is 3.82. The number of rotatable bonds is 4. The van der Waals surface area contributed by atoms with E-state index in [1.54, 1.807) is 17.0 Å². The van der Waals surface area contributed by atoms with E-state index in [9.17, 15) is 14.0 Å². The van der Waals surface area contributed by atoms with Crippen LogP contribution in [0.2, 0.25) is 0 Å². The second kappa shape index (κ2) is 6.98. The lowest BCUT2D eigenvalue weighted by atomic mass is 9.97. The van der Waals surface area contributed by atoms with Crippen molar-refractivity contribution in [1.29, 1.82) is 0 Å². The van der Waals surface area contributed by atoms with Crippen molar-refractivity contribution in [1.82, 2.24) is 10.2 Å². The van der Waals surface area contributed by atoms with Crippen LogP contribution in [0.25, 0.3) is 0 Å². The predicted molar refractivity (Wildman–Crippen MR) is 85.4 cm³/mol. The zero-order valence-electron chi connectivity index (χ0n) is 13.1. The molecule has 1 saturated carbocycles. The first-order chi connectivity index (χ1) is 11.1. The molecule has 0 atom stereocenters. The van der Waals surface area contributed by atoms with Gasteiger partial charge in [0.1, 0.15) is 5.82 Å². The topological polar surface area (TPSA) is 61.4 Å². The van der Waals surface area contributed by atoms with E-state index >= 15 is 0 Å². The van der Waals surface area contributed by atoms with E-state index in [1.807, 2.05) is 0 Å². The fourth-order valence-corrected chi connectivity index (χ4v) is 2.81. The van der Waals surface area contributed by atoms with Crippen LogP contribution in [0.4, 0.5) is 14.9 Å². The first kappa shape index (κ1) is 15.8. The molecule has 1 aliphatic heterocycles. The number of hydrogen-bond acceptors (Lipinski definition) is 2. The summed E-state index contributed by atoms with van der Waals surface area (Å²) >= 11 is 0. The van der Waals surface area contributed by atoms with Gasteiger partial charge in [0.05, 0.1) is 0 Å². The number of halogens is 1. The molecule has 23 heavy (non-hydrogen) atoms. The molecule has 1 aliphatic carbocycles. The number of nitrogens with one attached hydrogen (secondary N) is 2. The van der Waals surface area contributed by atoms with Crippen LogP contribution in [0.3, 0.4) is 0 Å². The standard InChI is InChI=1S/C17H22FN3O2/c18-14-3-5-15(6-4-14)20-17(23)21-9-7-12(8-10-21)11-19-16(22)13-1-2-13/h3-6,12-13H,1-2,7-11H2,(H,19,22)(H,20,23). The lowest BCUT2D eigenvalue weighted by Gasteiger charge is -2.32. The fourth-order valence-electron chi connectivity index (χ4n) is 2.81. The van der Waals surface area contributed by atoms with Gasteiger partial charge in [0.15, 0.2) is 0 Å². The average molecular weight is 319 g/mol. The second-order valence-electron chi connectivity index (χ2n) is 6.39. The molecular formula is C17H22FN3O2. The van der Waals surface area contributed by atoms with E-state index in [0.29, 0.717) is 31.2 Å². The lowest BCUT2D eigenvalue weighted by molar-refractivity contribution is -0.122. The Morgan fingerprint density at radius 3 is 2.35 bits per heavy atom. The third kappa shape index (κ3) is 4.43. The number of nitrogens with zero attached hydrogens (tertiary/aromatic N) is 1. The van der Waals surface area contributed by atoms with E-state index in [1.165, 1.54) is 12.1 Å². The Bertz CT molecular complexity index is 564. The fraction of sp³-hybridized carbons (Fsp3) is 0.529. The minimum absolute atomic E-state index is 0.155. The highest BCUT2D eigenvalue weighted by atomic mass is 19.1. The molecule has 3 rings (SSSR count). The lowest BCUT2D eigenvalue weighted by Crippen LogP contribution is -2.43. The van der Waals surface area contributed by atoms with E-state index in [0.717, 1.165) is 25.7 Å². The molecule has 0 bridgehead atoms. The Labute approximate surface area is 135 Å². The highest BCUT2D eigenvalue weighted by Gasteiger charge is 2.30. The Balaban J connectivity index is 1.40. The van der Waals surface area contributed by atoms with Crippen LogP contribution in [0.5, 0.6) is 0 Å². The molecule has 0 aromatic heterocycles. The van der Waals surface area contributed by atoms with E-state index in [-0.39, 0.29) is 23.7 Å². The molecule has 1 saturated heterocycles. The molecule has 1 heterocycles. The van der Waals surface area contributed by atoms with Crippen molar-refractivity contribution in [3.63, 3.8) is 0 Å². The molecule has 2 fully saturated rings. The predicted octanol–water partition coefficient (Wildman–Crippen LogP) is 2.60. The Morgan fingerprint density at radius 2 is 1.74 bits per heavy atom. The molecule has 0 unspecified atom stereocenters. The second-order valence-corrected chi connectivity index (χ2v) is 6.39. The Kier molecular flexibility index (Phi) is 4.79. The summed E-state index contributed by atoms with van der Waals surface area (Å²) in [5, 5.41) is 5.79. The van der Waals surface area contributed by atoms with Gasteiger partial charge in [-0.25, -0.2) is 9.18 Å². The summed E-state index contributed by atoms with van der Waals surface area (Å²) in [5.74, 6) is 0.544. The van der Waals surface area contributed by atoms with Crippen molar-refractivity contribution in [2.24, 2.45) is 11.8 Å². The van der Waals surface area contributed by atoms with E-state index in [2.05, 4.69) is 10.6 Å². The van der Waals surface area contributed by atoms with Gasteiger partial charge >= 0.3 is 6.03 Å². The number of urea groups is 1. The van der Waals surface area contributed by atoms with Crippen LogP contribution in [-0.2, 0) is 4.79 Å². The van der Waals surface area contributed by atoms with Crippen molar-refractivity contribution < 1.29 is 14.0 Å². The molecule has 5 nitrogen and oxygen atoms in total. The van der Waals surface area contributed by atoms with Crippen LogP contribution in [-0.4, -0.2) is 36.5 Å². The highest BCUT2D eigenvalue weighted by Crippen LogP contribution is 2.29. The van der Waals surface area contributed by atoms with E-state index < -0.39 is 0 Å². The molecule has 124 valence electrons. The quantitative estimate of drug-likeness (QED) is 0.896. The first-order valence-corrected chi connectivity index (χ1v) is 8.21. The molecule has 1 aromatic carbocycles. The monoisotopic (exact) mass is 319 g/mol. The van der Waals surface area contributed by atoms with Crippen molar-refractivity contribution in [3.05, 3.63) is 30.1 Å². The zero-order valence-corrected chi connectivity index (χ0v) is 13.1. The van der Waals surface area contributed by atoms with Crippen LogP contribution >= 0.6 is 0 Å². The molecule has 2 aliphatic rings. The van der Waals surface area contributed by atoms with Gasteiger partial charge in [0.25, 0.3) is 0 Å². The highest BCUT2D eigenvalue weighted by molar-refractivity contribution is 5.89.